The Hall–Kier alpha value is -1.64. The molecule has 17 heavy (non-hydrogen) atoms. The van der Waals surface area contributed by atoms with E-state index in [0.29, 0.717) is 12.4 Å². The molecule has 0 spiro atoms. The molecule has 2 aliphatic rings. The van der Waals surface area contributed by atoms with Crippen molar-refractivity contribution >= 4 is 11.7 Å². The van der Waals surface area contributed by atoms with Crippen molar-refractivity contribution in [1.82, 2.24) is 9.55 Å². The summed E-state index contributed by atoms with van der Waals surface area (Å²) < 4.78 is 7.05. The van der Waals surface area contributed by atoms with Crippen molar-refractivity contribution < 1.29 is 19.7 Å². The minimum Gasteiger partial charge on any atom is -0.387 e. The van der Waals surface area contributed by atoms with Gasteiger partial charge in [-0.25, -0.2) is 4.98 Å². The standard InChI is InChI=1S/C9H12N4O4/c10-7(16)4-8-12-9-6(15)5(14)3(17-9)1-13(8)2-11-4/h2-3,5-6,9,12,14-15H,1H2,(H2,10,16)/t3-,5+,6+,9-/m0/s1. The quantitative estimate of drug-likeness (QED) is 0.444. The van der Waals surface area contributed by atoms with Crippen LogP contribution in [0.1, 0.15) is 10.5 Å². The van der Waals surface area contributed by atoms with Gasteiger partial charge in [0, 0.05) is 0 Å². The molecule has 2 aliphatic heterocycles. The number of aliphatic hydroxyl groups excluding tert-OH is 2. The predicted molar refractivity (Wildman–Crippen MR) is 55.0 cm³/mol. The molecule has 4 atom stereocenters. The molecule has 1 saturated heterocycles. The Labute approximate surface area is 96.0 Å². The molecular weight excluding hydrogens is 228 g/mol. The van der Waals surface area contributed by atoms with Gasteiger partial charge in [0.2, 0.25) is 0 Å². The Morgan fingerprint density at radius 1 is 1.59 bits per heavy atom. The second-order valence-corrected chi connectivity index (χ2v) is 4.18. The van der Waals surface area contributed by atoms with Crippen molar-refractivity contribution in [2.75, 3.05) is 5.32 Å². The fourth-order valence-electron chi connectivity index (χ4n) is 2.20. The fraction of sp³-hybridized carbons (Fsp3) is 0.556. The third-order valence-corrected chi connectivity index (χ3v) is 3.09. The molecule has 3 heterocycles. The second kappa shape index (κ2) is 3.42. The van der Waals surface area contributed by atoms with E-state index in [9.17, 15) is 15.0 Å². The number of aliphatic hydroxyl groups is 2. The number of nitrogens with two attached hydrogens (primary N) is 1. The largest absolute Gasteiger partial charge is 0.387 e. The summed E-state index contributed by atoms with van der Waals surface area (Å²) >= 11 is 0. The van der Waals surface area contributed by atoms with Crippen LogP contribution >= 0.6 is 0 Å². The van der Waals surface area contributed by atoms with Crippen LogP contribution in [0.4, 0.5) is 5.82 Å². The number of hydrogen-bond donors (Lipinski definition) is 4. The van der Waals surface area contributed by atoms with Gasteiger partial charge in [-0.3, -0.25) is 4.79 Å². The maximum Gasteiger partial charge on any atom is 0.271 e. The van der Waals surface area contributed by atoms with E-state index in [-0.39, 0.29) is 5.69 Å². The summed E-state index contributed by atoms with van der Waals surface area (Å²) in [6, 6.07) is 0. The fourth-order valence-corrected chi connectivity index (χ4v) is 2.20. The van der Waals surface area contributed by atoms with E-state index in [1.54, 1.807) is 4.57 Å². The zero-order chi connectivity index (χ0) is 12.2. The van der Waals surface area contributed by atoms with E-state index < -0.39 is 30.4 Å². The molecule has 0 aliphatic carbocycles. The van der Waals surface area contributed by atoms with Crippen LogP contribution in [0.3, 0.4) is 0 Å². The van der Waals surface area contributed by atoms with Crippen molar-refractivity contribution in [3.63, 3.8) is 0 Å². The zero-order valence-electron chi connectivity index (χ0n) is 8.78. The van der Waals surface area contributed by atoms with E-state index in [1.165, 1.54) is 6.33 Å². The van der Waals surface area contributed by atoms with Gasteiger partial charge in [-0.15, -0.1) is 0 Å². The number of nitrogens with zero attached hydrogens (tertiary/aromatic N) is 2. The molecule has 3 rings (SSSR count). The number of ether oxygens (including phenoxy) is 1. The maximum atomic E-state index is 11.2. The molecule has 2 bridgehead atoms. The number of primary amides is 1. The van der Waals surface area contributed by atoms with Crippen molar-refractivity contribution in [3.8, 4) is 0 Å². The van der Waals surface area contributed by atoms with Crippen LogP contribution < -0.4 is 11.1 Å². The van der Waals surface area contributed by atoms with Gasteiger partial charge >= 0.3 is 0 Å². The van der Waals surface area contributed by atoms with Crippen LogP contribution in [0, 0.1) is 0 Å². The minimum atomic E-state index is -1.04. The third kappa shape index (κ3) is 1.42. The Morgan fingerprint density at radius 2 is 2.35 bits per heavy atom. The molecule has 0 saturated carbocycles. The monoisotopic (exact) mass is 240 g/mol. The van der Waals surface area contributed by atoms with Gasteiger partial charge in [0.05, 0.1) is 12.9 Å². The number of aromatic nitrogens is 2. The van der Waals surface area contributed by atoms with Crippen LogP contribution in [0.15, 0.2) is 6.33 Å². The first kappa shape index (κ1) is 10.5. The normalized spacial score (nSPS) is 34.9. The average molecular weight is 240 g/mol. The Kier molecular flexibility index (Phi) is 2.12. The summed E-state index contributed by atoms with van der Waals surface area (Å²) in [5, 5.41) is 22.2. The summed E-state index contributed by atoms with van der Waals surface area (Å²) in [7, 11) is 0. The van der Waals surface area contributed by atoms with E-state index in [1.807, 2.05) is 0 Å². The molecule has 0 aromatic carbocycles. The highest BCUT2D eigenvalue weighted by molar-refractivity contribution is 5.95. The highest BCUT2D eigenvalue weighted by Crippen LogP contribution is 2.30. The number of rotatable bonds is 1. The van der Waals surface area contributed by atoms with Gasteiger partial charge < -0.3 is 30.6 Å². The summed E-state index contributed by atoms with van der Waals surface area (Å²) in [6.07, 6.45) is -1.83. The molecule has 8 heteroatoms. The Bertz CT molecular complexity index is 474. The van der Waals surface area contributed by atoms with Gasteiger partial charge in [0.25, 0.3) is 5.91 Å². The van der Waals surface area contributed by atoms with Gasteiger partial charge in [-0.2, -0.15) is 0 Å². The lowest BCUT2D eigenvalue weighted by Crippen LogP contribution is -2.39. The number of anilines is 1. The SMILES string of the molecule is NC(=O)c1ncn2c1N[C@H]1O[C@@H](C2)[C@@H](O)[C@H]1O. The summed E-state index contributed by atoms with van der Waals surface area (Å²) in [5.74, 6) is -0.241. The number of nitrogens with one attached hydrogen (secondary N) is 1. The van der Waals surface area contributed by atoms with E-state index in [4.69, 9.17) is 10.5 Å². The third-order valence-electron chi connectivity index (χ3n) is 3.09. The van der Waals surface area contributed by atoms with Crippen LogP contribution in [-0.4, -0.2) is 50.2 Å². The molecule has 8 nitrogen and oxygen atoms in total. The lowest BCUT2D eigenvalue weighted by molar-refractivity contribution is 0.0127. The second-order valence-electron chi connectivity index (χ2n) is 4.18. The van der Waals surface area contributed by atoms with Gasteiger partial charge in [-0.05, 0) is 0 Å². The van der Waals surface area contributed by atoms with E-state index >= 15 is 0 Å². The summed E-state index contributed by atoms with van der Waals surface area (Å²) in [6.45, 7) is 0.303. The van der Waals surface area contributed by atoms with Gasteiger partial charge in [0.1, 0.15) is 24.1 Å². The van der Waals surface area contributed by atoms with Crippen molar-refractivity contribution in [3.05, 3.63) is 12.0 Å². The zero-order valence-corrected chi connectivity index (χ0v) is 8.78. The first-order valence-electron chi connectivity index (χ1n) is 5.21. The van der Waals surface area contributed by atoms with Gasteiger partial charge in [-0.1, -0.05) is 0 Å². The Balaban J connectivity index is 2.01. The highest BCUT2D eigenvalue weighted by atomic mass is 16.6. The molecule has 1 amide bonds. The van der Waals surface area contributed by atoms with Gasteiger partial charge in [0.15, 0.2) is 11.9 Å². The maximum absolute atomic E-state index is 11.2. The number of carbonyl (C=O) groups is 1. The lowest BCUT2D eigenvalue weighted by atomic mass is 10.1. The number of imidazole rings is 1. The summed E-state index contributed by atoms with van der Waals surface area (Å²) in [5.41, 5.74) is 5.29. The highest BCUT2D eigenvalue weighted by Gasteiger charge is 2.45. The molecule has 1 fully saturated rings. The average Bonchev–Trinajstić information content (AvgIpc) is 2.70. The Morgan fingerprint density at radius 3 is 3.06 bits per heavy atom. The van der Waals surface area contributed by atoms with Crippen LogP contribution in [0.2, 0.25) is 0 Å². The minimum absolute atomic E-state index is 0.0999. The van der Waals surface area contributed by atoms with Crippen molar-refractivity contribution in [1.29, 1.82) is 0 Å². The van der Waals surface area contributed by atoms with Crippen LogP contribution in [-0.2, 0) is 11.3 Å². The number of fused-ring (bicyclic) bond motifs is 3. The van der Waals surface area contributed by atoms with E-state index in [0.717, 1.165) is 0 Å². The number of hydrogen-bond acceptors (Lipinski definition) is 6. The van der Waals surface area contributed by atoms with E-state index in [2.05, 4.69) is 10.3 Å². The topological polar surface area (TPSA) is 123 Å². The smallest absolute Gasteiger partial charge is 0.271 e. The molecule has 1 aromatic rings. The summed E-state index contributed by atoms with van der Waals surface area (Å²) in [4.78, 5) is 15.0. The first-order chi connectivity index (χ1) is 8.08. The van der Waals surface area contributed by atoms with Crippen LogP contribution in [0.25, 0.3) is 0 Å². The molecule has 0 unspecified atom stereocenters. The van der Waals surface area contributed by atoms with Crippen molar-refractivity contribution in [2.24, 2.45) is 5.73 Å². The predicted octanol–water partition coefficient (Wildman–Crippen LogP) is -2.15. The molecule has 1 aromatic heterocycles. The lowest BCUT2D eigenvalue weighted by Gasteiger charge is -2.20. The molecule has 0 radical (unpaired) electrons. The molecular formula is C9H12N4O4. The van der Waals surface area contributed by atoms with Crippen molar-refractivity contribution in [2.45, 2.75) is 31.1 Å². The molecule has 92 valence electrons. The molecule has 5 N–H and O–H groups in total. The number of amides is 1. The number of carbonyl (C=O) groups excluding carboxylic acids is 1. The van der Waals surface area contributed by atoms with Crippen LogP contribution in [0.5, 0.6) is 0 Å². The first-order valence-corrected chi connectivity index (χ1v) is 5.21.